The summed E-state index contributed by atoms with van der Waals surface area (Å²) in [6.07, 6.45) is 7.31. The molecule has 146 valence electrons. The van der Waals surface area contributed by atoms with Crippen LogP contribution in [0, 0.1) is 11.8 Å². The monoisotopic (exact) mass is 372 g/mol. The highest BCUT2D eigenvalue weighted by Gasteiger charge is 2.46. The Morgan fingerprint density at radius 2 is 2.00 bits per heavy atom. The Morgan fingerprint density at radius 3 is 2.68 bits per heavy atom. The van der Waals surface area contributed by atoms with Crippen LogP contribution in [0.5, 0.6) is 0 Å². The van der Waals surface area contributed by atoms with Gasteiger partial charge in [0.15, 0.2) is 0 Å². The summed E-state index contributed by atoms with van der Waals surface area (Å²) in [6, 6.07) is 1.07. The van der Waals surface area contributed by atoms with Gasteiger partial charge in [-0.1, -0.05) is 13.3 Å². The largest absolute Gasteiger partial charge is 0.395 e. The van der Waals surface area contributed by atoms with Crippen molar-refractivity contribution in [1.82, 2.24) is 0 Å². The van der Waals surface area contributed by atoms with Crippen LogP contribution >= 0.6 is 0 Å². The van der Waals surface area contributed by atoms with Crippen molar-refractivity contribution in [3.63, 3.8) is 0 Å². The second-order valence-electron chi connectivity index (χ2n) is 7.99. The molecule has 25 heavy (non-hydrogen) atoms. The summed E-state index contributed by atoms with van der Waals surface area (Å²) in [5, 5.41) is 0. The highest BCUT2D eigenvalue weighted by Crippen LogP contribution is 2.43. The number of fused-ring (bicyclic) bond motifs is 1. The van der Waals surface area contributed by atoms with Crippen molar-refractivity contribution in [3.8, 4) is 0 Å². The van der Waals surface area contributed by atoms with E-state index < -0.39 is 8.56 Å². The van der Waals surface area contributed by atoms with Crippen LogP contribution in [0.4, 0.5) is 0 Å². The third-order valence-corrected chi connectivity index (χ3v) is 8.89. The minimum Gasteiger partial charge on any atom is -0.395 e. The van der Waals surface area contributed by atoms with Crippen LogP contribution in [0.25, 0.3) is 0 Å². The minimum atomic E-state index is -2.03. The number of rotatable bonds is 13. The van der Waals surface area contributed by atoms with Crippen LogP contribution in [-0.4, -0.2) is 59.9 Å². The molecule has 0 radical (unpaired) electrons. The van der Waals surface area contributed by atoms with E-state index in [1.807, 2.05) is 0 Å². The lowest BCUT2D eigenvalue weighted by Gasteiger charge is -2.33. The molecule has 0 N–H and O–H groups in total. The molecule has 6 heteroatoms. The zero-order chi connectivity index (χ0) is 17.7. The number of epoxide rings is 2. The summed E-state index contributed by atoms with van der Waals surface area (Å²) < 4.78 is 29.3. The predicted molar refractivity (Wildman–Crippen MR) is 99.0 cm³/mol. The molecule has 6 atom stereocenters. The summed E-state index contributed by atoms with van der Waals surface area (Å²) >= 11 is 0. The first-order valence-electron chi connectivity index (χ1n) is 10.3. The van der Waals surface area contributed by atoms with Crippen LogP contribution in [0.15, 0.2) is 0 Å². The van der Waals surface area contributed by atoms with Gasteiger partial charge < -0.3 is 23.1 Å². The lowest BCUT2D eigenvalue weighted by molar-refractivity contribution is 0.0664. The third kappa shape index (κ3) is 6.29. The Morgan fingerprint density at radius 1 is 1.16 bits per heavy atom. The Hall–Kier alpha value is 0.0169. The van der Waals surface area contributed by atoms with Crippen LogP contribution in [0.2, 0.25) is 12.6 Å². The molecule has 6 unspecified atom stereocenters. The molecular formula is C19H36O5Si. The van der Waals surface area contributed by atoms with Gasteiger partial charge in [-0.3, -0.25) is 0 Å². The summed E-state index contributed by atoms with van der Waals surface area (Å²) in [7, 11) is -2.03. The normalized spacial score (nSPS) is 34.2. The molecular weight excluding hydrogens is 336 g/mol. The van der Waals surface area contributed by atoms with Crippen molar-refractivity contribution in [3.05, 3.63) is 0 Å². The van der Waals surface area contributed by atoms with Gasteiger partial charge in [-0.2, -0.15) is 0 Å². The Bertz CT molecular complexity index is 397. The van der Waals surface area contributed by atoms with Crippen molar-refractivity contribution < 1.29 is 23.1 Å². The maximum Gasteiger partial charge on any atom is 0.334 e. The Kier molecular flexibility index (Phi) is 7.34. The van der Waals surface area contributed by atoms with Gasteiger partial charge in [-0.25, -0.2) is 0 Å². The van der Waals surface area contributed by atoms with Gasteiger partial charge in [0.2, 0.25) is 0 Å². The zero-order valence-electron chi connectivity index (χ0n) is 16.2. The second-order valence-corrected chi connectivity index (χ2v) is 11.3. The number of hydrogen-bond acceptors (Lipinski definition) is 5. The average molecular weight is 373 g/mol. The van der Waals surface area contributed by atoms with Gasteiger partial charge in [0.1, 0.15) is 6.10 Å². The van der Waals surface area contributed by atoms with Crippen LogP contribution in [0.3, 0.4) is 0 Å². The predicted octanol–water partition coefficient (Wildman–Crippen LogP) is 3.51. The molecule has 0 aromatic carbocycles. The summed E-state index contributed by atoms with van der Waals surface area (Å²) in [6.45, 7) is 10.5. The van der Waals surface area contributed by atoms with Crippen molar-refractivity contribution >= 4 is 8.56 Å². The van der Waals surface area contributed by atoms with E-state index in [0.29, 0.717) is 30.1 Å². The molecule has 2 aliphatic heterocycles. The fraction of sp³-hybridized carbons (Fsp3) is 1.00. The van der Waals surface area contributed by atoms with Crippen molar-refractivity contribution in [2.45, 2.75) is 76.9 Å². The highest BCUT2D eigenvalue weighted by molar-refractivity contribution is 6.66. The molecule has 0 amide bonds. The second kappa shape index (κ2) is 9.29. The standard InChI is InChI=1S/C19H36O5Si/c1-4-10-25(3,22-5-2)23-12-16(8-9-20-13-17-14-21-17)15-6-7-18-19(11-15)24-18/h15-19H,4-14H2,1-3H3. The van der Waals surface area contributed by atoms with E-state index in [0.717, 1.165) is 51.9 Å². The van der Waals surface area contributed by atoms with Gasteiger partial charge in [-0.15, -0.1) is 0 Å². The van der Waals surface area contributed by atoms with Crippen LogP contribution < -0.4 is 0 Å². The van der Waals surface area contributed by atoms with E-state index in [2.05, 4.69) is 20.4 Å². The minimum absolute atomic E-state index is 0.350. The molecule has 3 aliphatic rings. The van der Waals surface area contributed by atoms with Crippen molar-refractivity contribution in [2.75, 3.05) is 33.0 Å². The molecule has 0 spiro atoms. The summed E-state index contributed by atoms with van der Waals surface area (Å²) in [4.78, 5) is 0. The summed E-state index contributed by atoms with van der Waals surface area (Å²) in [5.74, 6) is 1.25. The number of ether oxygens (including phenoxy) is 3. The molecule has 1 saturated carbocycles. The highest BCUT2D eigenvalue weighted by atomic mass is 28.4. The molecule has 0 aromatic rings. The summed E-state index contributed by atoms with van der Waals surface area (Å²) in [5.41, 5.74) is 0. The van der Waals surface area contributed by atoms with Crippen molar-refractivity contribution in [2.24, 2.45) is 11.8 Å². The van der Waals surface area contributed by atoms with Crippen molar-refractivity contribution in [1.29, 1.82) is 0 Å². The Balaban J connectivity index is 1.48. The van der Waals surface area contributed by atoms with Gasteiger partial charge in [0, 0.05) is 19.8 Å². The van der Waals surface area contributed by atoms with Gasteiger partial charge >= 0.3 is 8.56 Å². The molecule has 5 nitrogen and oxygen atoms in total. The molecule has 3 fully saturated rings. The fourth-order valence-corrected chi connectivity index (χ4v) is 6.62. The van der Waals surface area contributed by atoms with E-state index in [4.69, 9.17) is 23.1 Å². The lowest BCUT2D eigenvalue weighted by Crippen LogP contribution is -2.41. The number of hydrogen-bond donors (Lipinski definition) is 0. The molecule has 0 bridgehead atoms. The quantitative estimate of drug-likeness (QED) is 0.281. The zero-order valence-corrected chi connectivity index (χ0v) is 17.2. The molecule has 3 rings (SSSR count). The smallest absolute Gasteiger partial charge is 0.334 e. The van der Waals surface area contributed by atoms with Crippen LogP contribution in [-0.2, 0) is 23.1 Å². The van der Waals surface area contributed by atoms with E-state index in [1.165, 1.54) is 19.3 Å². The van der Waals surface area contributed by atoms with Crippen LogP contribution in [0.1, 0.15) is 46.0 Å². The first kappa shape index (κ1) is 19.8. The lowest BCUT2D eigenvalue weighted by atomic mass is 9.79. The first-order valence-corrected chi connectivity index (χ1v) is 12.8. The fourth-order valence-electron chi connectivity index (χ4n) is 4.16. The average Bonchev–Trinajstić information content (AvgIpc) is 3.48. The maximum absolute atomic E-state index is 6.46. The molecule has 2 saturated heterocycles. The van der Waals surface area contributed by atoms with E-state index in [9.17, 15) is 0 Å². The molecule has 0 aromatic heterocycles. The SMILES string of the molecule is CCC[Si](C)(OCC)OCC(CCOCC1CO1)C1CCC2OC2C1. The van der Waals surface area contributed by atoms with E-state index in [-0.39, 0.29) is 0 Å². The topological polar surface area (TPSA) is 52.8 Å². The Labute approximate surface area is 153 Å². The van der Waals surface area contributed by atoms with Gasteiger partial charge in [0.05, 0.1) is 25.4 Å². The molecule has 1 aliphatic carbocycles. The van der Waals surface area contributed by atoms with E-state index in [1.54, 1.807) is 0 Å². The first-order chi connectivity index (χ1) is 12.1. The third-order valence-electron chi connectivity index (χ3n) is 5.81. The molecule has 2 heterocycles. The van der Waals surface area contributed by atoms with Gasteiger partial charge in [0.25, 0.3) is 0 Å². The van der Waals surface area contributed by atoms with E-state index >= 15 is 0 Å². The maximum atomic E-state index is 6.46. The van der Waals surface area contributed by atoms with Gasteiger partial charge in [-0.05, 0) is 57.0 Å².